The van der Waals surface area contributed by atoms with E-state index in [1.54, 1.807) is 27.8 Å². The van der Waals surface area contributed by atoms with Crippen LogP contribution in [0.15, 0.2) is 59.5 Å². The molecule has 0 N–H and O–H groups in total. The van der Waals surface area contributed by atoms with Gasteiger partial charge in [0, 0.05) is 44.9 Å². The molecule has 6 heteroatoms. The number of benzene rings is 1. The molecule has 1 spiro atoms. The van der Waals surface area contributed by atoms with Gasteiger partial charge in [0.1, 0.15) is 5.54 Å². The second kappa shape index (κ2) is 8.23. The molecule has 4 rings (SSSR count). The van der Waals surface area contributed by atoms with Crippen LogP contribution in [-0.2, 0) is 22.7 Å². The van der Waals surface area contributed by atoms with Gasteiger partial charge in [-0.25, -0.2) is 0 Å². The van der Waals surface area contributed by atoms with E-state index in [1.165, 1.54) is 6.07 Å². The molecule has 6 nitrogen and oxygen atoms in total. The molecule has 2 aromatic rings. The number of carbonyl (C=O) groups excluding carboxylic acids is 2. The van der Waals surface area contributed by atoms with Crippen LogP contribution in [0, 0.1) is 0 Å². The molecular weight excluding hydrogens is 366 g/mol. The number of hydrogen-bond donors (Lipinski definition) is 0. The zero-order valence-corrected chi connectivity index (χ0v) is 16.6. The fraction of sp³-hybridized carbons (Fsp3) is 0.435. The van der Waals surface area contributed by atoms with Crippen molar-refractivity contribution in [1.29, 1.82) is 0 Å². The van der Waals surface area contributed by atoms with Crippen LogP contribution < -0.4 is 5.56 Å². The number of amides is 2. The quantitative estimate of drug-likeness (QED) is 0.784. The summed E-state index contributed by atoms with van der Waals surface area (Å²) in [5.74, 6) is 0.0449. The van der Waals surface area contributed by atoms with Crippen LogP contribution in [0.1, 0.15) is 37.7 Å². The molecule has 2 saturated heterocycles. The SMILES string of the molecule is O=C(CCn1ccccc1=O)N1CCCC12CCCN(Cc1ccccc1)C2=O. The molecule has 0 saturated carbocycles. The van der Waals surface area contributed by atoms with Gasteiger partial charge in [-0.3, -0.25) is 14.4 Å². The molecule has 1 atom stereocenters. The number of likely N-dealkylation sites (tertiary alicyclic amines) is 2. The van der Waals surface area contributed by atoms with Crippen LogP contribution in [0.4, 0.5) is 0 Å². The molecule has 1 unspecified atom stereocenters. The van der Waals surface area contributed by atoms with Gasteiger partial charge in [0.25, 0.3) is 5.56 Å². The van der Waals surface area contributed by atoms with Crippen molar-refractivity contribution in [2.75, 3.05) is 13.1 Å². The maximum Gasteiger partial charge on any atom is 0.250 e. The first-order valence-electron chi connectivity index (χ1n) is 10.4. The monoisotopic (exact) mass is 393 g/mol. The number of aromatic nitrogens is 1. The zero-order chi connectivity index (χ0) is 20.3. The summed E-state index contributed by atoms with van der Waals surface area (Å²) in [6, 6.07) is 15.0. The summed E-state index contributed by atoms with van der Waals surface area (Å²) in [6.45, 7) is 2.28. The van der Waals surface area contributed by atoms with Gasteiger partial charge in [0.15, 0.2) is 0 Å². The van der Waals surface area contributed by atoms with Crippen LogP contribution in [0.5, 0.6) is 0 Å². The maximum atomic E-state index is 13.5. The van der Waals surface area contributed by atoms with Gasteiger partial charge < -0.3 is 14.4 Å². The average Bonchev–Trinajstić information content (AvgIpc) is 3.16. The van der Waals surface area contributed by atoms with Crippen LogP contribution >= 0.6 is 0 Å². The fourth-order valence-electron chi connectivity index (χ4n) is 4.74. The Balaban J connectivity index is 1.48. The van der Waals surface area contributed by atoms with Gasteiger partial charge in [-0.2, -0.15) is 0 Å². The number of piperidine rings is 1. The highest BCUT2D eigenvalue weighted by atomic mass is 16.2. The molecule has 1 aromatic heterocycles. The van der Waals surface area contributed by atoms with E-state index in [1.807, 2.05) is 35.2 Å². The van der Waals surface area contributed by atoms with Crippen molar-refractivity contribution in [2.45, 2.75) is 50.7 Å². The van der Waals surface area contributed by atoms with Crippen molar-refractivity contribution in [3.63, 3.8) is 0 Å². The predicted molar refractivity (Wildman–Crippen MR) is 110 cm³/mol. The second-order valence-electron chi connectivity index (χ2n) is 7.98. The van der Waals surface area contributed by atoms with Crippen LogP contribution in [-0.4, -0.2) is 44.8 Å². The molecular formula is C23H27N3O3. The second-order valence-corrected chi connectivity index (χ2v) is 7.98. The van der Waals surface area contributed by atoms with Crippen molar-refractivity contribution in [3.05, 3.63) is 70.6 Å². The highest BCUT2D eigenvalue weighted by Gasteiger charge is 2.52. The van der Waals surface area contributed by atoms with Gasteiger partial charge in [-0.1, -0.05) is 36.4 Å². The summed E-state index contributed by atoms with van der Waals surface area (Å²) in [6.07, 6.45) is 5.14. The molecule has 2 fully saturated rings. The Morgan fingerprint density at radius 2 is 1.66 bits per heavy atom. The Morgan fingerprint density at radius 1 is 0.931 bits per heavy atom. The van der Waals surface area contributed by atoms with E-state index >= 15 is 0 Å². The first-order valence-corrected chi connectivity index (χ1v) is 10.4. The molecule has 1 aromatic carbocycles. The summed E-state index contributed by atoms with van der Waals surface area (Å²) in [4.78, 5) is 42.1. The highest BCUT2D eigenvalue weighted by molar-refractivity contribution is 5.92. The lowest BCUT2D eigenvalue weighted by molar-refractivity contribution is -0.156. The Kier molecular flexibility index (Phi) is 5.51. The van der Waals surface area contributed by atoms with E-state index < -0.39 is 5.54 Å². The standard InChI is InChI=1S/C23H27N3O3/c27-20-10-4-5-14-24(20)17-11-21(28)26-16-7-13-23(26)12-6-15-25(22(23)29)18-19-8-2-1-3-9-19/h1-5,8-10,14H,6-7,11-13,15-18H2. The zero-order valence-electron chi connectivity index (χ0n) is 16.6. The van der Waals surface area contributed by atoms with Crippen molar-refractivity contribution in [1.82, 2.24) is 14.4 Å². The van der Waals surface area contributed by atoms with Crippen molar-refractivity contribution in [3.8, 4) is 0 Å². The molecule has 29 heavy (non-hydrogen) atoms. The van der Waals surface area contributed by atoms with Crippen LogP contribution in [0.25, 0.3) is 0 Å². The normalized spacial score (nSPS) is 21.7. The van der Waals surface area contributed by atoms with E-state index in [0.717, 1.165) is 37.8 Å². The Hall–Kier alpha value is -2.89. The molecule has 0 bridgehead atoms. The Morgan fingerprint density at radius 3 is 2.41 bits per heavy atom. The Bertz CT molecular complexity index is 940. The molecule has 2 aliphatic rings. The highest BCUT2D eigenvalue weighted by Crippen LogP contribution is 2.39. The summed E-state index contributed by atoms with van der Waals surface area (Å²) in [5.41, 5.74) is 0.294. The largest absolute Gasteiger partial charge is 0.336 e. The molecule has 0 aliphatic carbocycles. The van der Waals surface area contributed by atoms with Crippen LogP contribution in [0.3, 0.4) is 0 Å². The summed E-state index contributed by atoms with van der Waals surface area (Å²) >= 11 is 0. The van der Waals surface area contributed by atoms with E-state index in [4.69, 9.17) is 0 Å². The lowest BCUT2D eigenvalue weighted by atomic mass is 9.85. The number of nitrogens with zero attached hydrogens (tertiary/aromatic N) is 3. The van der Waals surface area contributed by atoms with Gasteiger partial charge in [-0.05, 0) is 37.3 Å². The van der Waals surface area contributed by atoms with Gasteiger partial charge >= 0.3 is 0 Å². The summed E-state index contributed by atoms with van der Waals surface area (Å²) in [7, 11) is 0. The summed E-state index contributed by atoms with van der Waals surface area (Å²) < 4.78 is 1.55. The molecule has 2 aliphatic heterocycles. The minimum atomic E-state index is -0.703. The maximum absolute atomic E-state index is 13.5. The average molecular weight is 393 g/mol. The molecule has 152 valence electrons. The predicted octanol–water partition coefficient (Wildman–Crippen LogP) is 2.42. The number of pyridine rings is 1. The fourth-order valence-corrected chi connectivity index (χ4v) is 4.74. The number of aryl methyl sites for hydroxylation is 1. The Labute approximate surface area is 170 Å². The topological polar surface area (TPSA) is 62.6 Å². The molecule has 3 heterocycles. The first-order chi connectivity index (χ1) is 14.1. The van der Waals surface area contributed by atoms with Gasteiger partial charge in [0.2, 0.25) is 11.8 Å². The van der Waals surface area contributed by atoms with Gasteiger partial charge in [0.05, 0.1) is 0 Å². The first kappa shape index (κ1) is 19.4. The summed E-state index contributed by atoms with van der Waals surface area (Å²) in [5, 5.41) is 0. The molecule has 0 radical (unpaired) electrons. The number of carbonyl (C=O) groups is 2. The minimum absolute atomic E-state index is 0.0341. The van der Waals surface area contributed by atoms with E-state index in [2.05, 4.69) is 0 Å². The van der Waals surface area contributed by atoms with E-state index in [9.17, 15) is 14.4 Å². The third-order valence-corrected chi connectivity index (χ3v) is 6.18. The van der Waals surface area contributed by atoms with Gasteiger partial charge in [-0.15, -0.1) is 0 Å². The van der Waals surface area contributed by atoms with E-state index in [-0.39, 0.29) is 23.8 Å². The smallest absolute Gasteiger partial charge is 0.250 e. The van der Waals surface area contributed by atoms with Crippen molar-refractivity contribution in [2.24, 2.45) is 0 Å². The lowest BCUT2D eigenvalue weighted by Crippen LogP contribution is -2.61. The molecule has 2 amide bonds. The lowest BCUT2D eigenvalue weighted by Gasteiger charge is -2.44. The van der Waals surface area contributed by atoms with Crippen molar-refractivity contribution >= 4 is 11.8 Å². The number of rotatable bonds is 5. The third-order valence-electron chi connectivity index (χ3n) is 6.18. The van der Waals surface area contributed by atoms with E-state index in [0.29, 0.717) is 19.6 Å². The van der Waals surface area contributed by atoms with Crippen LogP contribution in [0.2, 0.25) is 0 Å². The third kappa shape index (κ3) is 3.84. The minimum Gasteiger partial charge on any atom is -0.336 e. The van der Waals surface area contributed by atoms with Crippen molar-refractivity contribution < 1.29 is 9.59 Å². The number of hydrogen-bond acceptors (Lipinski definition) is 3.